The molecule has 0 bridgehead atoms. The number of nitrogens with one attached hydrogen (secondary N) is 2. The molecule has 0 aliphatic rings. The lowest BCUT2D eigenvalue weighted by Crippen LogP contribution is -2.11. The number of hydrogen-bond acceptors (Lipinski definition) is 5. The van der Waals surface area contributed by atoms with E-state index in [4.69, 9.17) is 12.2 Å². The minimum absolute atomic E-state index is 0.0885. The van der Waals surface area contributed by atoms with Crippen molar-refractivity contribution in [2.45, 2.75) is 6.92 Å². The lowest BCUT2D eigenvalue weighted by molar-refractivity contribution is 0.101. The Morgan fingerprint density at radius 3 is 2.45 bits per heavy atom. The highest BCUT2D eigenvalue weighted by Gasteiger charge is 2.18. The Labute approximate surface area is 175 Å². The van der Waals surface area contributed by atoms with Crippen molar-refractivity contribution in [2.75, 3.05) is 5.32 Å². The van der Waals surface area contributed by atoms with Gasteiger partial charge in [-0.25, -0.2) is 4.98 Å². The normalized spacial score (nSPS) is 10.7. The van der Waals surface area contributed by atoms with Crippen molar-refractivity contribution >= 4 is 40.4 Å². The molecule has 4 rings (SSSR count). The first-order valence-electron chi connectivity index (χ1n) is 8.78. The maximum atomic E-state index is 12.6. The van der Waals surface area contributed by atoms with E-state index in [2.05, 4.69) is 15.3 Å². The number of benzene rings is 2. The maximum Gasteiger partial charge on any atom is 0.257 e. The summed E-state index contributed by atoms with van der Waals surface area (Å²) in [5.41, 5.74) is 2.75. The summed E-state index contributed by atoms with van der Waals surface area (Å²) in [6.45, 7) is 1.50. The molecule has 6 nitrogen and oxygen atoms in total. The van der Waals surface area contributed by atoms with E-state index in [-0.39, 0.29) is 11.7 Å². The number of hydrogen-bond donors (Lipinski definition) is 2. The lowest BCUT2D eigenvalue weighted by Gasteiger charge is -2.05. The Balaban J connectivity index is 1.58. The summed E-state index contributed by atoms with van der Waals surface area (Å²) < 4.78 is 2.39. The van der Waals surface area contributed by atoms with Gasteiger partial charge in [0, 0.05) is 36.1 Å². The quantitative estimate of drug-likeness (QED) is 0.347. The third-order valence-corrected chi connectivity index (χ3v) is 5.66. The molecule has 2 N–H and O–H groups in total. The van der Waals surface area contributed by atoms with Crippen LogP contribution in [0.4, 0.5) is 5.13 Å². The van der Waals surface area contributed by atoms with E-state index in [1.54, 1.807) is 18.3 Å². The van der Waals surface area contributed by atoms with E-state index in [0.717, 1.165) is 11.3 Å². The number of imidazole rings is 1. The van der Waals surface area contributed by atoms with Crippen molar-refractivity contribution < 1.29 is 9.59 Å². The highest BCUT2D eigenvalue weighted by Crippen LogP contribution is 2.31. The number of rotatable bonds is 5. The number of carbonyl (C=O) groups excluding carboxylic acids is 2. The topological polar surface area (TPSA) is 79.8 Å². The summed E-state index contributed by atoms with van der Waals surface area (Å²) in [5.74, 6) is -0.382. The fraction of sp³-hybridized carbons (Fsp3) is 0.0476. The average Bonchev–Trinajstić information content (AvgIpc) is 3.35. The molecule has 8 heteroatoms. The van der Waals surface area contributed by atoms with Crippen LogP contribution in [0.1, 0.15) is 27.0 Å². The summed E-state index contributed by atoms with van der Waals surface area (Å²) in [4.78, 5) is 32.6. The first-order valence-corrected chi connectivity index (χ1v) is 10.0. The fourth-order valence-electron chi connectivity index (χ4n) is 2.87. The molecule has 0 aliphatic heterocycles. The predicted octanol–water partition coefficient (Wildman–Crippen LogP) is 5.11. The van der Waals surface area contributed by atoms with Gasteiger partial charge in [0.15, 0.2) is 15.7 Å². The van der Waals surface area contributed by atoms with Crippen molar-refractivity contribution in [3.05, 3.63) is 82.2 Å². The number of nitrogens with zero attached hydrogens (tertiary/aromatic N) is 2. The van der Waals surface area contributed by atoms with Gasteiger partial charge in [-0.3, -0.25) is 19.5 Å². The third kappa shape index (κ3) is 3.94. The zero-order chi connectivity index (χ0) is 20.4. The van der Waals surface area contributed by atoms with E-state index in [1.165, 1.54) is 18.3 Å². The third-order valence-electron chi connectivity index (χ3n) is 4.27. The molecule has 4 aromatic rings. The van der Waals surface area contributed by atoms with Crippen molar-refractivity contribution in [3.8, 4) is 16.9 Å². The van der Waals surface area contributed by atoms with Crippen LogP contribution in [0.25, 0.3) is 16.9 Å². The van der Waals surface area contributed by atoms with Crippen LogP contribution in [0, 0.1) is 4.77 Å². The van der Waals surface area contributed by atoms with Gasteiger partial charge in [0.2, 0.25) is 0 Å². The number of H-pyrrole nitrogens is 1. The van der Waals surface area contributed by atoms with Crippen LogP contribution in [0.3, 0.4) is 0 Å². The monoisotopic (exact) mass is 420 g/mol. The van der Waals surface area contributed by atoms with Gasteiger partial charge in [0.1, 0.15) is 0 Å². The summed E-state index contributed by atoms with van der Waals surface area (Å²) in [7, 11) is 0. The van der Waals surface area contributed by atoms with Gasteiger partial charge in [0.05, 0.1) is 10.6 Å². The lowest BCUT2D eigenvalue weighted by atomic mass is 10.1. The highest BCUT2D eigenvalue weighted by atomic mass is 32.1. The van der Waals surface area contributed by atoms with E-state index >= 15 is 0 Å². The fourth-order valence-corrected chi connectivity index (χ4v) is 3.98. The molecule has 0 saturated carbocycles. The molecular weight excluding hydrogens is 404 g/mol. The van der Waals surface area contributed by atoms with Gasteiger partial charge in [-0.15, -0.1) is 0 Å². The van der Waals surface area contributed by atoms with Gasteiger partial charge in [-0.05, 0) is 36.5 Å². The van der Waals surface area contributed by atoms with Gasteiger partial charge in [-0.1, -0.05) is 41.7 Å². The number of aromatic nitrogens is 3. The molecule has 2 aromatic carbocycles. The van der Waals surface area contributed by atoms with E-state index in [1.807, 2.05) is 53.2 Å². The van der Waals surface area contributed by atoms with Crippen LogP contribution in [-0.2, 0) is 0 Å². The smallest absolute Gasteiger partial charge is 0.257 e. The van der Waals surface area contributed by atoms with Gasteiger partial charge in [0.25, 0.3) is 5.91 Å². The highest BCUT2D eigenvalue weighted by molar-refractivity contribution is 7.71. The zero-order valence-corrected chi connectivity index (χ0v) is 17.0. The summed E-state index contributed by atoms with van der Waals surface area (Å²) in [6.07, 6.45) is 3.57. The van der Waals surface area contributed by atoms with Crippen LogP contribution in [0.5, 0.6) is 0 Å². The second-order valence-electron chi connectivity index (χ2n) is 6.26. The maximum absolute atomic E-state index is 12.6. The first-order chi connectivity index (χ1) is 14.0. The number of aromatic amines is 1. The molecule has 0 fully saturated rings. The van der Waals surface area contributed by atoms with Crippen LogP contribution in [0.2, 0.25) is 0 Å². The van der Waals surface area contributed by atoms with E-state index in [9.17, 15) is 9.59 Å². The molecule has 29 heavy (non-hydrogen) atoms. The van der Waals surface area contributed by atoms with Crippen LogP contribution >= 0.6 is 23.6 Å². The molecule has 1 amide bonds. The van der Waals surface area contributed by atoms with Crippen molar-refractivity contribution in [2.24, 2.45) is 0 Å². The van der Waals surface area contributed by atoms with Gasteiger partial charge in [-0.2, -0.15) is 0 Å². The van der Waals surface area contributed by atoms with Crippen molar-refractivity contribution in [3.63, 3.8) is 0 Å². The second kappa shape index (κ2) is 7.94. The average molecular weight is 421 g/mol. The molecule has 144 valence electrons. The molecule has 0 spiro atoms. The molecule has 2 heterocycles. The molecule has 0 aliphatic carbocycles. The Kier molecular flexibility index (Phi) is 5.20. The number of anilines is 1. The predicted molar refractivity (Wildman–Crippen MR) is 116 cm³/mol. The number of Topliss-reactive ketones (excluding diaryl/α,β-unsaturated/α-hetero) is 1. The van der Waals surface area contributed by atoms with Crippen LogP contribution < -0.4 is 5.32 Å². The minimum atomic E-state index is -0.294. The SMILES string of the molecule is CC(=O)c1sc(NC(=O)c2ccc(-n3cc[nH]c3=S)cc2)nc1-c1ccccc1. The molecule has 0 atom stereocenters. The molecule has 2 aromatic heterocycles. The molecular formula is C21H16N4O2S2. The number of amides is 1. The largest absolute Gasteiger partial charge is 0.337 e. The standard InChI is InChI=1S/C21H16N4O2S2/c1-13(26)18-17(14-5-3-2-4-6-14)23-20(29-18)24-19(27)15-7-9-16(10-8-15)25-12-11-22-21(25)28/h2-12H,1H3,(H,22,28)(H,23,24,27). The molecule has 0 unspecified atom stereocenters. The second-order valence-corrected chi connectivity index (χ2v) is 7.64. The van der Waals surface area contributed by atoms with Crippen LogP contribution in [0.15, 0.2) is 67.0 Å². The Hall–Kier alpha value is -3.36. The van der Waals surface area contributed by atoms with Gasteiger partial charge < -0.3 is 4.98 Å². The van der Waals surface area contributed by atoms with Crippen molar-refractivity contribution in [1.29, 1.82) is 0 Å². The summed E-state index contributed by atoms with van der Waals surface area (Å²) in [5, 5.41) is 3.18. The number of thiazole rings is 1. The Bertz CT molecular complexity index is 1240. The minimum Gasteiger partial charge on any atom is -0.337 e. The van der Waals surface area contributed by atoms with Crippen LogP contribution in [-0.4, -0.2) is 26.2 Å². The Morgan fingerprint density at radius 2 is 1.83 bits per heavy atom. The number of carbonyl (C=O) groups is 2. The summed E-state index contributed by atoms with van der Waals surface area (Å²) in [6, 6.07) is 16.5. The van der Waals surface area contributed by atoms with E-state index in [0.29, 0.717) is 26.0 Å². The molecule has 0 saturated heterocycles. The summed E-state index contributed by atoms with van der Waals surface area (Å²) >= 11 is 6.38. The van der Waals surface area contributed by atoms with Gasteiger partial charge >= 0.3 is 0 Å². The number of ketones is 1. The zero-order valence-electron chi connectivity index (χ0n) is 15.4. The first kappa shape index (κ1) is 19.0. The molecule has 0 radical (unpaired) electrons. The van der Waals surface area contributed by atoms with Crippen molar-refractivity contribution in [1.82, 2.24) is 14.5 Å². The van der Waals surface area contributed by atoms with E-state index < -0.39 is 0 Å². The Morgan fingerprint density at radius 1 is 1.10 bits per heavy atom.